The lowest BCUT2D eigenvalue weighted by Crippen LogP contribution is -2.18. The van der Waals surface area contributed by atoms with Gasteiger partial charge in [0.05, 0.1) is 29.1 Å². The number of fused-ring (bicyclic) bond motifs is 8. The third-order valence-corrected chi connectivity index (χ3v) is 10.2. The number of unbranched alkanes of at least 4 members (excludes halogenated alkanes) is 3. The van der Waals surface area contributed by atoms with E-state index in [0.717, 1.165) is 86.4 Å². The van der Waals surface area contributed by atoms with Crippen LogP contribution in [0.5, 0.6) is 0 Å². The second-order valence-corrected chi connectivity index (χ2v) is 13.1. The Labute approximate surface area is 288 Å². The van der Waals surface area contributed by atoms with Crippen molar-refractivity contribution in [1.82, 2.24) is 25.4 Å². The van der Waals surface area contributed by atoms with E-state index in [0.29, 0.717) is 49.3 Å². The molecule has 2 aliphatic rings. The summed E-state index contributed by atoms with van der Waals surface area (Å²) in [6.07, 6.45) is 6.04. The van der Waals surface area contributed by atoms with Gasteiger partial charge in [0.15, 0.2) is 0 Å². The molecule has 3 aromatic heterocycles. The summed E-state index contributed by atoms with van der Waals surface area (Å²) in [6, 6.07) is 6.25. The molecule has 0 saturated carbocycles. The monoisotopic (exact) mass is 670 g/mol. The van der Waals surface area contributed by atoms with Crippen molar-refractivity contribution in [2.24, 2.45) is 5.90 Å². The van der Waals surface area contributed by atoms with Gasteiger partial charge in [-0.1, -0.05) is 40.0 Å². The Hall–Kier alpha value is -4.32. The maximum Gasteiger partial charge on any atom is 0.359 e. The highest BCUT2D eigenvalue weighted by Crippen LogP contribution is 2.42. The quantitative estimate of drug-likeness (QED) is 0.0768. The number of carbonyl (C=O) groups excluding carboxylic acids is 2. The van der Waals surface area contributed by atoms with Gasteiger partial charge in [-0.3, -0.25) is 9.78 Å². The average Bonchev–Trinajstić information content (AvgIpc) is 3.77. The lowest BCUT2D eigenvalue weighted by molar-refractivity contribution is -0.135. The summed E-state index contributed by atoms with van der Waals surface area (Å²) < 4.78 is 6.24. The van der Waals surface area contributed by atoms with Crippen LogP contribution in [0.15, 0.2) is 18.2 Å². The Morgan fingerprint density at radius 1 is 0.959 bits per heavy atom. The first-order valence-electron chi connectivity index (χ1n) is 17.4. The highest BCUT2D eigenvalue weighted by atomic mass is 16.7. The molecule has 2 atom stereocenters. The predicted octanol–water partition coefficient (Wildman–Crippen LogP) is 7.66. The lowest BCUT2D eigenvalue weighted by atomic mass is 9.87. The van der Waals surface area contributed by atoms with E-state index >= 15 is 0 Å². The molecule has 0 unspecified atom stereocenters. The van der Waals surface area contributed by atoms with Gasteiger partial charge in [-0.05, 0) is 93.0 Å². The van der Waals surface area contributed by atoms with Crippen LogP contribution < -0.4 is 11.4 Å². The zero-order chi connectivity index (χ0) is 35.2. The molecular weight excluding hydrogens is 620 g/mol. The van der Waals surface area contributed by atoms with E-state index in [9.17, 15) is 9.59 Å². The summed E-state index contributed by atoms with van der Waals surface area (Å²) in [7, 11) is 0. The first kappa shape index (κ1) is 36.0. The molecule has 0 radical (unpaired) electrons. The molecule has 0 aromatic carbocycles. The van der Waals surface area contributed by atoms with Gasteiger partial charge in [0.25, 0.3) is 0 Å². The van der Waals surface area contributed by atoms with Crippen LogP contribution in [-0.2, 0) is 25.8 Å². The first-order chi connectivity index (χ1) is 23.6. The standard InChI is InChI=1S/C38H50N6O5/c1-8-10-11-12-15-47-19-28-23(5)29-16-31-22(4)27(13-14-40-48-20-45)36(43-31)25(7)37-35(38(46)49-39)24(6)32(44-37)18-33-26(9-2)21(3)30(41-33)17-34(28)42-29/h16-18,20,22,27,40,42,44H,8-15,19,39H2,1-7H3/t22-,27-/m0/s1. The summed E-state index contributed by atoms with van der Waals surface area (Å²) in [5.41, 5.74) is 15.8. The molecule has 0 amide bonds. The molecule has 0 fully saturated rings. The van der Waals surface area contributed by atoms with Crippen molar-refractivity contribution in [2.45, 2.75) is 105 Å². The van der Waals surface area contributed by atoms with Gasteiger partial charge in [-0.15, -0.1) is 0 Å². The number of H-pyrrole nitrogens is 2. The third-order valence-electron chi connectivity index (χ3n) is 10.2. The van der Waals surface area contributed by atoms with Crippen LogP contribution in [0.4, 0.5) is 0 Å². The van der Waals surface area contributed by atoms with Crippen LogP contribution >= 0.6 is 0 Å². The molecule has 11 heteroatoms. The third kappa shape index (κ3) is 7.34. The summed E-state index contributed by atoms with van der Waals surface area (Å²) in [4.78, 5) is 51.1. The molecule has 49 heavy (non-hydrogen) atoms. The fourth-order valence-corrected chi connectivity index (χ4v) is 7.16. The normalized spacial score (nSPS) is 15.9. The van der Waals surface area contributed by atoms with E-state index in [2.05, 4.69) is 62.2 Å². The molecule has 0 spiro atoms. The largest absolute Gasteiger partial charge is 0.377 e. The molecule has 262 valence electrons. The maximum atomic E-state index is 13.2. The minimum atomic E-state index is -0.633. The SMILES string of the molecule is CCCCCCOCc1c(C)c2cc3nc(c(C)c4[nH]c(cc5nc(cc1[nH]2)C(C)=C5CC)c(C)c4C(=O)ON)[C@@H](CCNOC=O)[C@@H]3C. The summed E-state index contributed by atoms with van der Waals surface area (Å²) in [5.74, 6) is 4.81. The van der Waals surface area contributed by atoms with Crippen LogP contribution in [0.1, 0.15) is 133 Å². The molecule has 8 bridgehead atoms. The Kier molecular flexibility index (Phi) is 11.7. The second kappa shape index (κ2) is 15.9. The molecule has 0 aliphatic carbocycles. The van der Waals surface area contributed by atoms with E-state index < -0.39 is 5.97 Å². The average molecular weight is 671 g/mol. The summed E-state index contributed by atoms with van der Waals surface area (Å²) in [6.45, 7) is 16.6. The topological polar surface area (TPSA) is 157 Å². The molecule has 5 heterocycles. The van der Waals surface area contributed by atoms with Crippen molar-refractivity contribution in [3.8, 4) is 0 Å². The number of aryl methyl sites for hydroxylation is 3. The fourth-order valence-electron chi connectivity index (χ4n) is 7.16. The van der Waals surface area contributed by atoms with Crippen molar-refractivity contribution in [3.05, 3.63) is 68.8 Å². The van der Waals surface area contributed by atoms with Crippen molar-refractivity contribution in [3.63, 3.8) is 0 Å². The number of rotatable bonds is 14. The minimum absolute atomic E-state index is 0.0206. The predicted molar refractivity (Wildman–Crippen MR) is 192 cm³/mol. The molecule has 0 saturated heterocycles. The number of allylic oxidation sites excluding steroid dienone is 2. The van der Waals surface area contributed by atoms with E-state index in [1.165, 1.54) is 12.8 Å². The smallest absolute Gasteiger partial charge is 0.359 e. The second-order valence-electron chi connectivity index (χ2n) is 13.1. The first-order valence-corrected chi connectivity index (χ1v) is 17.4. The van der Waals surface area contributed by atoms with Gasteiger partial charge < -0.3 is 24.4 Å². The zero-order valence-electron chi connectivity index (χ0n) is 29.8. The number of nitrogens with zero attached hydrogens (tertiary/aromatic N) is 2. The fraction of sp³-hybridized carbons (Fsp3) is 0.474. The van der Waals surface area contributed by atoms with Gasteiger partial charge >= 0.3 is 12.4 Å². The van der Waals surface area contributed by atoms with Gasteiger partial charge in [-0.25, -0.2) is 9.78 Å². The Morgan fingerprint density at radius 2 is 1.71 bits per heavy atom. The molecule has 2 aliphatic heterocycles. The number of hydrogen-bond donors (Lipinski definition) is 4. The Bertz CT molecular complexity index is 1910. The number of nitrogens with one attached hydrogen (secondary N) is 3. The molecule has 5 N–H and O–H groups in total. The maximum absolute atomic E-state index is 13.2. The lowest BCUT2D eigenvalue weighted by Gasteiger charge is -2.17. The molecular formula is C38H50N6O5. The number of nitrogens with two attached hydrogens (primary N) is 1. The number of aromatic amines is 2. The van der Waals surface area contributed by atoms with Gasteiger partial charge in [0.2, 0.25) is 0 Å². The summed E-state index contributed by atoms with van der Waals surface area (Å²) >= 11 is 0. The number of carbonyl (C=O) groups is 2. The zero-order valence-corrected chi connectivity index (χ0v) is 29.8. The van der Waals surface area contributed by atoms with Gasteiger partial charge in [0.1, 0.15) is 0 Å². The van der Waals surface area contributed by atoms with Crippen LogP contribution in [0.25, 0.3) is 33.2 Å². The number of aromatic nitrogens is 4. The van der Waals surface area contributed by atoms with E-state index in [1.54, 1.807) is 0 Å². The van der Waals surface area contributed by atoms with E-state index in [4.69, 9.17) is 30.3 Å². The van der Waals surface area contributed by atoms with Gasteiger partial charge in [0, 0.05) is 58.5 Å². The van der Waals surface area contributed by atoms with E-state index in [1.807, 2.05) is 19.9 Å². The van der Waals surface area contributed by atoms with Crippen LogP contribution in [0, 0.1) is 20.8 Å². The molecule has 3 aromatic rings. The van der Waals surface area contributed by atoms with Crippen molar-refractivity contribution in [1.29, 1.82) is 0 Å². The highest BCUT2D eigenvalue weighted by Gasteiger charge is 2.31. The molecule has 11 nitrogen and oxygen atoms in total. The van der Waals surface area contributed by atoms with Crippen molar-refractivity contribution in [2.75, 3.05) is 13.2 Å². The minimum Gasteiger partial charge on any atom is -0.377 e. The summed E-state index contributed by atoms with van der Waals surface area (Å²) in [5, 5.41) is 0. The van der Waals surface area contributed by atoms with Crippen LogP contribution in [-0.4, -0.2) is 45.5 Å². The van der Waals surface area contributed by atoms with Crippen molar-refractivity contribution < 1.29 is 24.0 Å². The highest BCUT2D eigenvalue weighted by molar-refractivity contribution is 6.03. The molecule has 5 rings (SSSR count). The van der Waals surface area contributed by atoms with Crippen molar-refractivity contribution >= 4 is 45.7 Å². The van der Waals surface area contributed by atoms with Crippen LogP contribution in [0.3, 0.4) is 0 Å². The van der Waals surface area contributed by atoms with Crippen LogP contribution in [0.2, 0.25) is 0 Å². The number of ether oxygens (including phenoxy) is 1. The van der Waals surface area contributed by atoms with Gasteiger partial charge in [-0.2, -0.15) is 11.4 Å². The number of hydrogen-bond acceptors (Lipinski definition) is 9. The Morgan fingerprint density at radius 3 is 2.43 bits per heavy atom. The number of hydroxylamine groups is 1. The Balaban J connectivity index is 1.81. The van der Waals surface area contributed by atoms with E-state index in [-0.39, 0.29) is 11.8 Å².